The van der Waals surface area contributed by atoms with Crippen LogP contribution in [0.25, 0.3) is 0 Å². The molecule has 3 nitrogen and oxygen atoms in total. The van der Waals surface area contributed by atoms with E-state index in [0.29, 0.717) is 12.8 Å². The van der Waals surface area contributed by atoms with Gasteiger partial charge in [-0.1, -0.05) is 6.92 Å². The Morgan fingerprint density at radius 3 is 2.79 bits per heavy atom. The zero-order valence-corrected chi connectivity index (χ0v) is 9.90. The minimum Gasteiger partial charge on any atom is -0.396 e. The van der Waals surface area contributed by atoms with E-state index in [9.17, 15) is 4.79 Å². The Kier molecular flexibility index (Phi) is 9.19. The molecule has 1 unspecified atom stereocenters. The third-order valence-electron chi connectivity index (χ3n) is 2.09. The van der Waals surface area contributed by atoms with E-state index in [-0.39, 0.29) is 18.6 Å². The van der Waals surface area contributed by atoms with Crippen LogP contribution in [-0.2, 0) is 4.79 Å². The molecule has 0 rings (SSSR count). The summed E-state index contributed by atoms with van der Waals surface area (Å²) in [5, 5.41) is 11.7. The highest BCUT2D eigenvalue weighted by Crippen LogP contribution is 2.01. The number of nitrogens with one attached hydrogen (secondary N) is 1. The van der Waals surface area contributed by atoms with E-state index in [1.165, 1.54) is 0 Å². The number of thioether (sulfide) groups is 1. The van der Waals surface area contributed by atoms with Gasteiger partial charge in [-0.15, -0.1) is 0 Å². The van der Waals surface area contributed by atoms with Crippen LogP contribution in [0.2, 0.25) is 0 Å². The molecule has 14 heavy (non-hydrogen) atoms. The molecule has 0 fully saturated rings. The maximum atomic E-state index is 11.4. The van der Waals surface area contributed by atoms with Crippen LogP contribution < -0.4 is 5.32 Å². The van der Waals surface area contributed by atoms with Gasteiger partial charge >= 0.3 is 0 Å². The lowest BCUT2D eigenvalue weighted by Gasteiger charge is -2.15. The Morgan fingerprint density at radius 1 is 1.57 bits per heavy atom. The molecule has 2 N–H and O–H groups in total. The summed E-state index contributed by atoms with van der Waals surface area (Å²) in [7, 11) is 0. The lowest BCUT2D eigenvalue weighted by Crippen LogP contribution is -2.34. The third kappa shape index (κ3) is 7.21. The molecule has 0 bridgehead atoms. The fourth-order valence-corrected chi connectivity index (χ4v) is 1.64. The van der Waals surface area contributed by atoms with Gasteiger partial charge in [0.2, 0.25) is 5.91 Å². The van der Waals surface area contributed by atoms with E-state index < -0.39 is 0 Å². The second kappa shape index (κ2) is 9.34. The monoisotopic (exact) mass is 219 g/mol. The Labute approximate surface area is 90.7 Å². The first-order valence-electron chi connectivity index (χ1n) is 5.13. The molecule has 0 aliphatic heterocycles. The van der Waals surface area contributed by atoms with Gasteiger partial charge in [-0.25, -0.2) is 0 Å². The molecule has 0 heterocycles. The molecular weight excluding hydrogens is 198 g/mol. The van der Waals surface area contributed by atoms with Gasteiger partial charge in [0.15, 0.2) is 0 Å². The Hall–Kier alpha value is -0.220. The number of carbonyl (C=O) groups is 1. The van der Waals surface area contributed by atoms with Gasteiger partial charge in [-0.05, 0) is 31.3 Å². The first-order valence-corrected chi connectivity index (χ1v) is 6.53. The largest absolute Gasteiger partial charge is 0.396 e. The normalized spacial score (nSPS) is 12.5. The van der Waals surface area contributed by atoms with Gasteiger partial charge in [-0.3, -0.25) is 4.79 Å². The fourth-order valence-electron chi connectivity index (χ4n) is 1.21. The molecule has 0 aromatic heterocycles. The van der Waals surface area contributed by atoms with Crippen molar-refractivity contribution in [3.05, 3.63) is 0 Å². The molecule has 0 spiro atoms. The summed E-state index contributed by atoms with van der Waals surface area (Å²) in [6, 6.07) is 0.141. The predicted octanol–water partition coefficient (Wildman–Crippen LogP) is 1.41. The number of hydrogen-bond donors (Lipinski definition) is 2. The maximum Gasteiger partial charge on any atom is 0.220 e. The van der Waals surface area contributed by atoms with E-state index in [4.69, 9.17) is 5.11 Å². The van der Waals surface area contributed by atoms with E-state index >= 15 is 0 Å². The van der Waals surface area contributed by atoms with Crippen LogP contribution in [-0.4, -0.2) is 35.7 Å². The standard InChI is InChI=1S/C10H21NO2S/c1-3-9(6-7-12)11-10(13)5-4-8-14-2/h9,12H,3-8H2,1-2H3,(H,11,13). The van der Waals surface area contributed by atoms with Crippen molar-refractivity contribution < 1.29 is 9.90 Å². The van der Waals surface area contributed by atoms with Crippen LogP contribution in [0.1, 0.15) is 32.6 Å². The van der Waals surface area contributed by atoms with Gasteiger partial charge < -0.3 is 10.4 Å². The summed E-state index contributed by atoms with van der Waals surface area (Å²) in [5.74, 6) is 1.14. The fraction of sp³-hybridized carbons (Fsp3) is 0.900. The minimum atomic E-state index is 0.111. The van der Waals surface area contributed by atoms with Crippen molar-refractivity contribution in [2.75, 3.05) is 18.6 Å². The van der Waals surface area contributed by atoms with Crippen molar-refractivity contribution >= 4 is 17.7 Å². The number of carbonyl (C=O) groups excluding carboxylic acids is 1. The van der Waals surface area contributed by atoms with Gasteiger partial charge in [-0.2, -0.15) is 11.8 Å². The number of amides is 1. The summed E-state index contributed by atoms with van der Waals surface area (Å²) < 4.78 is 0. The van der Waals surface area contributed by atoms with E-state index in [1.54, 1.807) is 11.8 Å². The third-order valence-corrected chi connectivity index (χ3v) is 2.78. The molecule has 0 radical (unpaired) electrons. The van der Waals surface area contributed by atoms with Crippen molar-refractivity contribution in [1.29, 1.82) is 0 Å². The van der Waals surface area contributed by atoms with E-state index in [1.807, 2.05) is 13.2 Å². The topological polar surface area (TPSA) is 49.3 Å². The Morgan fingerprint density at radius 2 is 2.29 bits per heavy atom. The Balaban J connectivity index is 3.56. The first kappa shape index (κ1) is 13.8. The average molecular weight is 219 g/mol. The summed E-state index contributed by atoms with van der Waals surface area (Å²) in [5.41, 5.74) is 0. The second-order valence-electron chi connectivity index (χ2n) is 3.28. The molecule has 0 saturated heterocycles. The van der Waals surface area contributed by atoms with Crippen molar-refractivity contribution in [2.45, 2.75) is 38.6 Å². The zero-order valence-electron chi connectivity index (χ0n) is 9.08. The molecule has 0 aromatic carbocycles. The predicted molar refractivity (Wildman–Crippen MR) is 61.5 cm³/mol. The van der Waals surface area contributed by atoms with Crippen molar-refractivity contribution in [3.63, 3.8) is 0 Å². The molecule has 1 amide bonds. The summed E-state index contributed by atoms with van der Waals surface area (Å²) in [6.45, 7) is 2.16. The molecule has 0 aliphatic carbocycles. The van der Waals surface area contributed by atoms with Crippen LogP contribution in [0.4, 0.5) is 0 Å². The highest BCUT2D eigenvalue weighted by Gasteiger charge is 2.08. The molecule has 1 atom stereocenters. The summed E-state index contributed by atoms with van der Waals surface area (Å²) in [6.07, 6.45) is 5.11. The van der Waals surface area contributed by atoms with Gasteiger partial charge in [0, 0.05) is 19.1 Å². The van der Waals surface area contributed by atoms with E-state index in [2.05, 4.69) is 5.32 Å². The molecule has 0 aromatic rings. The smallest absolute Gasteiger partial charge is 0.220 e. The number of hydrogen-bond acceptors (Lipinski definition) is 3. The van der Waals surface area contributed by atoms with Crippen LogP contribution in [0.3, 0.4) is 0 Å². The summed E-state index contributed by atoms with van der Waals surface area (Å²) >= 11 is 1.76. The highest BCUT2D eigenvalue weighted by atomic mass is 32.2. The van der Waals surface area contributed by atoms with Gasteiger partial charge in [0.1, 0.15) is 0 Å². The van der Waals surface area contributed by atoms with Crippen molar-refractivity contribution in [2.24, 2.45) is 0 Å². The molecule has 0 aliphatic rings. The number of rotatable bonds is 8. The summed E-state index contributed by atoms with van der Waals surface area (Å²) in [4.78, 5) is 11.4. The number of aliphatic hydroxyl groups is 1. The van der Waals surface area contributed by atoms with Gasteiger partial charge in [0.25, 0.3) is 0 Å². The van der Waals surface area contributed by atoms with Crippen LogP contribution in [0.5, 0.6) is 0 Å². The average Bonchev–Trinajstić information content (AvgIpc) is 2.17. The van der Waals surface area contributed by atoms with E-state index in [0.717, 1.165) is 18.6 Å². The van der Waals surface area contributed by atoms with Crippen molar-refractivity contribution in [3.8, 4) is 0 Å². The molecule has 84 valence electrons. The number of aliphatic hydroxyl groups excluding tert-OH is 1. The molecule has 4 heteroatoms. The lowest BCUT2D eigenvalue weighted by atomic mass is 10.1. The maximum absolute atomic E-state index is 11.4. The van der Waals surface area contributed by atoms with Gasteiger partial charge in [0.05, 0.1) is 0 Å². The molecule has 0 saturated carbocycles. The van der Waals surface area contributed by atoms with Crippen LogP contribution in [0, 0.1) is 0 Å². The van der Waals surface area contributed by atoms with Crippen LogP contribution >= 0.6 is 11.8 Å². The quantitative estimate of drug-likeness (QED) is 0.607. The van der Waals surface area contributed by atoms with Crippen molar-refractivity contribution in [1.82, 2.24) is 5.32 Å². The zero-order chi connectivity index (χ0) is 10.8. The molecular formula is C10H21NO2S. The Bertz CT molecular complexity index is 153. The lowest BCUT2D eigenvalue weighted by molar-refractivity contribution is -0.121. The first-order chi connectivity index (χ1) is 6.74. The second-order valence-corrected chi connectivity index (χ2v) is 4.27. The SMILES string of the molecule is CCC(CCO)NC(=O)CCCSC. The minimum absolute atomic E-state index is 0.111. The highest BCUT2D eigenvalue weighted by molar-refractivity contribution is 7.98. The van der Waals surface area contributed by atoms with Crippen LogP contribution in [0.15, 0.2) is 0 Å².